The van der Waals surface area contributed by atoms with Crippen molar-refractivity contribution in [2.75, 3.05) is 16.8 Å². The second-order valence-corrected chi connectivity index (χ2v) is 8.83. The number of rotatable bonds is 3. The Morgan fingerprint density at radius 2 is 1.77 bits per heavy atom. The molecule has 0 aromatic heterocycles. The topological polar surface area (TPSA) is 61.4 Å². The molecule has 1 unspecified atom stereocenters. The predicted octanol–water partition coefficient (Wildman–Crippen LogP) is 2.77. The van der Waals surface area contributed by atoms with Gasteiger partial charge in [0.25, 0.3) is 0 Å². The van der Waals surface area contributed by atoms with Crippen molar-refractivity contribution in [3.8, 4) is 0 Å². The quantitative estimate of drug-likeness (QED) is 0.878. The molecule has 5 aliphatic rings. The van der Waals surface area contributed by atoms with Crippen molar-refractivity contribution in [2.45, 2.75) is 51.1 Å². The van der Waals surface area contributed by atoms with Gasteiger partial charge in [-0.1, -0.05) is 12.1 Å². The number of hydrogen-bond donors (Lipinski definition) is 2. The van der Waals surface area contributed by atoms with Gasteiger partial charge in [-0.15, -0.1) is 0 Å². The molecule has 2 amide bonds. The number of para-hydroxylation sites is 2. The summed E-state index contributed by atoms with van der Waals surface area (Å²) in [5, 5.41) is 6.54. The molecule has 1 atom stereocenters. The average molecular weight is 353 g/mol. The number of anilines is 2. The maximum absolute atomic E-state index is 13.2. The number of fused-ring (bicyclic) bond motifs is 1. The van der Waals surface area contributed by atoms with Gasteiger partial charge < -0.3 is 10.6 Å². The van der Waals surface area contributed by atoms with Crippen LogP contribution in [0.3, 0.4) is 0 Å². The Morgan fingerprint density at radius 1 is 1.12 bits per heavy atom. The minimum absolute atomic E-state index is 0.00102. The maximum Gasteiger partial charge on any atom is 0.244 e. The van der Waals surface area contributed by atoms with Gasteiger partial charge in [0.2, 0.25) is 11.8 Å². The molecule has 0 spiro atoms. The van der Waals surface area contributed by atoms with E-state index in [-0.39, 0.29) is 24.4 Å². The smallest absolute Gasteiger partial charge is 0.244 e. The van der Waals surface area contributed by atoms with Crippen molar-refractivity contribution >= 4 is 23.2 Å². The number of nitrogens with one attached hydrogen (secondary N) is 2. The lowest BCUT2D eigenvalue weighted by molar-refractivity contribution is -0.123. The van der Waals surface area contributed by atoms with Crippen LogP contribution in [-0.4, -0.2) is 30.4 Å². The molecule has 5 heteroatoms. The fourth-order valence-electron chi connectivity index (χ4n) is 6.22. The van der Waals surface area contributed by atoms with Crippen LogP contribution in [0.25, 0.3) is 0 Å². The van der Waals surface area contributed by atoms with Crippen molar-refractivity contribution in [1.29, 1.82) is 0 Å². The van der Waals surface area contributed by atoms with Crippen LogP contribution in [0.15, 0.2) is 24.3 Å². The lowest BCUT2D eigenvalue weighted by atomic mass is 9.54. The molecule has 1 aromatic rings. The van der Waals surface area contributed by atoms with Crippen molar-refractivity contribution in [3.05, 3.63) is 24.3 Å². The zero-order chi connectivity index (χ0) is 17.8. The highest BCUT2D eigenvalue weighted by Gasteiger charge is 2.48. The van der Waals surface area contributed by atoms with Gasteiger partial charge in [-0.2, -0.15) is 0 Å². The van der Waals surface area contributed by atoms with E-state index >= 15 is 0 Å². The largest absolute Gasteiger partial charge is 0.323 e. The molecule has 1 aromatic carbocycles. The number of amides is 2. The minimum atomic E-state index is -0.267. The van der Waals surface area contributed by atoms with Crippen LogP contribution in [0, 0.1) is 23.7 Å². The molecule has 0 saturated heterocycles. The number of carbonyl (C=O) groups is 2. The second-order valence-electron chi connectivity index (χ2n) is 8.83. The number of benzene rings is 1. The zero-order valence-corrected chi connectivity index (χ0v) is 15.3. The molecule has 2 N–H and O–H groups in total. The lowest BCUT2D eigenvalue weighted by Crippen LogP contribution is -2.59. The third kappa shape index (κ3) is 2.64. The van der Waals surface area contributed by atoms with Gasteiger partial charge >= 0.3 is 0 Å². The molecule has 4 fully saturated rings. The first-order valence-electron chi connectivity index (χ1n) is 10.0. The van der Waals surface area contributed by atoms with E-state index in [2.05, 4.69) is 10.6 Å². The van der Waals surface area contributed by atoms with Gasteiger partial charge in [-0.3, -0.25) is 14.5 Å². The summed E-state index contributed by atoms with van der Waals surface area (Å²) in [6.45, 7) is 2.06. The van der Waals surface area contributed by atoms with E-state index in [1.807, 2.05) is 31.2 Å². The van der Waals surface area contributed by atoms with Crippen molar-refractivity contribution in [3.63, 3.8) is 0 Å². The van der Waals surface area contributed by atoms with Gasteiger partial charge in [0, 0.05) is 6.04 Å². The van der Waals surface area contributed by atoms with E-state index in [0.29, 0.717) is 6.04 Å². The van der Waals surface area contributed by atoms with Gasteiger partial charge in [0.15, 0.2) is 0 Å². The lowest BCUT2D eigenvalue weighted by Gasteiger charge is -2.55. The fraction of sp³-hybridized carbons (Fsp3) is 0.619. The Hall–Kier alpha value is -1.88. The van der Waals surface area contributed by atoms with Crippen LogP contribution in [0.1, 0.15) is 39.0 Å². The molecule has 0 radical (unpaired) electrons. The highest BCUT2D eigenvalue weighted by Crippen LogP contribution is 2.53. The molecular weight excluding hydrogens is 326 g/mol. The summed E-state index contributed by atoms with van der Waals surface area (Å²) in [5.41, 5.74) is 1.52. The summed E-state index contributed by atoms with van der Waals surface area (Å²) in [4.78, 5) is 26.8. The summed E-state index contributed by atoms with van der Waals surface area (Å²) in [7, 11) is 0. The van der Waals surface area contributed by atoms with E-state index in [0.717, 1.165) is 35.0 Å². The highest BCUT2D eigenvalue weighted by atomic mass is 16.2. The molecule has 4 saturated carbocycles. The third-order valence-corrected chi connectivity index (χ3v) is 7.08. The summed E-state index contributed by atoms with van der Waals surface area (Å²) in [5.74, 6) is 3.20. The monoisotopic (exact) mass is 353 g/mol. The molecule has 6 rings (SSSR count). The summed E-state index contributed by atoms with van der Waals surface area (Å²) in [6, 6.07) is 7.74. The van der Waals surface area contributed by atoms with Crippen LogP contribution in [0.2, 0.25) is 0 Å². The Morgan fingerprint density at radius 3 is 2.46 bits per heavy atom. The van der Waals surface area contributed by atoms with E-state index in [1.54, 1.807) is 4.90 Å². The van der Waals surface area contributed by atoms with Gasteiger partial charge in [0.1, 0.15) is 6.54 Å². The molecule has 1 heterocycles. The molecule has 138 valence electrons. The van der Waals surface area contributed by atoms with Crippen molar-refractivity contribution in [1.82, 2.24) is 5.32 Å². The second kappa shape index (κ2) is 6.08. The average Bonchev–Trinajstić information content (AvgIpc) is 2.62. The van der Waals surface area contributed by atoms with E-state index < -0.39 is 0 Å². The first-order chi connectivity index (χ1) is 12.6. The maximum atomic E-state index is 13.2. The molecule has 4 bridgehead atoms. The Labute approximate surface area is 154 Å². The highest BCUT2D eigenvalue weighted by molar-refractivity contribution is 6.11. The van der Waals surface area contributed by atoms with Crippen LogP contribution in [0.4, 0.5) is 11.4 Å². The summed E-state index contributed by atoms with van der Waals surface area (Å²) >= 11 is 0. The van der Waals surface area contributed by atoms with Gasteiger partial charge in [-0.25, -0.2) is 0 Å². The molecular formula is C21H27N3O2. The third-order valence-electron chi connectivity index (χ3n) is 7.08. The first-order valence-corrected chi connectivity index (χ1v) is 10.0. The van der Waals surface area contributed by atoms with E-state index in [1.165, 1.54) is 32.1 Å². The van der Waals surface area contributed by atoms with Crippen molar-refractivity contribution < 1.29 is 9.59 Å². The SMILES string of the molecule is CC(NC1C2CC3CC(C2)CC1C3)C(=O)N1CC(=O)Nc2ccccc21. The number of nitrogens with zero attached hydrogens (tertiary/aromatic N) is 1. The fourth-order valence-corrected chi connectivity index (χ4v) is 6.22. The summed E-state index contributed by atoms with van der Waals surface area (Å²) < 4.78 is 0. The Kier molecular flexibility index (Phi) is 3.82. The number of carbonyl (C=O) groups excluding carboxylic acids is 2. The Balaban J connectivity index is 1.32. The van der Waals surface area contributed by atoms with Crippen LogP contribution < -0.4 is 15.5 Å². The van der Waals surface area contributed by atoms with E-state index in [9.17, 15) is 9.59 Å². The number of hydrogen-bond acceptors (Lipinski definition) is 3. The molecule has 5 nitrogen and oxygen atoms in total. The summed E-state index contributed by atoms with van der Waals surface area (Å²) in [6.07, 6.45) is 6.77. The van der Waals surface area contributed by atoms with Gasteiger partial charge in [0.05, 0.1) is 17.4 Å². The van der Waals surface area contributed by atoms with Crippen LogP contribution >= 0.6 is 0 Å². The first kappa shape index (κ1) is 16.3. The Bertz CT molecular complexity index is 719. The minimum Gasteiger partial charge on any atom is -0.323 e. The molecule has 4 aliphatic carbocycles. The normalized spacial score (nSPS) is 35.8. The van der Waals surface area contributed by atoms with E-state index in [4.69, 9.17) is 0 Å². The van der Waals surface area contributed by atoms with Crippen LogP contribution in [-0.2, 0) is 9.59 Å². The van der Waals surface area contributed by atoms with Crippen LogP contribution in [0.5, 0.6) is 0 Å². The standard InChI is InChI=1S/C21H27N3O2/c1-12(22-20-15-7-13-6-14(9-15)10-16(20)8-13)21(26)24-11-19(25)23-17-4-2-3-5-18(17)24/h2-5,12-16,20,22H,6-11H2,1H3,(H,23,25). The molecule has 1 aliphatic heterocycles. The zero-order valence-electron chi connectivity index (χ0n) is 15.3. The molecule has 26 heavy (non-hydrogen) atoms. The predicted molar refractivity (Wildman–Crippen MR) is 101 cm³/mol. The van der Waals surface area contributed by atoms with Gasteiger partial charge in [-0.05, 0) is 74.8 Å². The van der Waals surface area contributed by atoms with Crippen molar-refractivity contribution in [2.24, 2.45) is 23.7 Å².